The molecule has 3 nitrogen and oxygen atoms in total. The molecule has 0 aliphatic heterocycles. The van der Waals surface area contributed by atoms with Crippen molar-refractivity contribution in [2.24, 2.45) is 7.05 Å². The molecule has 94 valence electrons. The second-order valence-electron chi connectivity index (χ2n) is 4.45. The predicted octanol–water partition coefficient (Wildman–Crippen LogP) is 2.72. The fourth-order valence-electron chi connectivity index (χ4n) is 2.05. The summed E-state index contributed by atoms with van der Waals surface area (Å²) in [4.78, 5) is 11.1. The van der Waals surface area contributed by atoms with Crippen LogP contribution in [0.3, 0.4) is 0 Å². The Balaban J connectivity index is 2.60. The van der Waals surface area contributed by atoms with Crippen LogP contribution in [0.25, 0.3) is 0 Å². The van der Waals surface area contributed by atoms with Crippen molar-refractivity contribution in [3.63, 3.8) is 0 Å². The second-order valence-corrected chi connectivity index (χ2v) is 4.45. The number of hydrogen-bond acceptors (Lipinski definition) is 1. The van der Waals surface area contributed by atoms with E-state index in [0.29, 0.717) is 5.56 Å². The molecule has 1 aromatic heterocycles. The van der Waals surface area contributed by atoms with E-state index < -0.39 is 5.97 Å². The highest BCUT2D eigenvalue weighted by Crippen LogP contribution is 2.10. The summed E-state index contributed by atoms with van der Waals surface area (Å²) in [5, 5.41) is 9.12. The Morgan fingerprint density at radius 3 is 2.65 bits per heavy atom. The summed E-state index contributed by atoms with van der Waals surface area (Å²) < 4.78 is 1.92. The van der Waals surface area contributed by atoms with E-state index in [-0.39, 0.29) is 0 Å². The number of hydrogen-bond donors (Lipinski definition) is 1. The van der Waals surface area contributed by atoms with Gasteiger partial charge in [0.15, 0.2) is 11.9 Å². The third-order valence-corrected chi connectivity index (χ3v) is 3.06. The highest BCUT2D eigenvalue weighted by molar-refractivity contribution is 5.88. The molecular formula is C14H22NO2+. The van der Waals surface area contributed by atoms with Crippen LogP contribution < -0.4 is 4.57 Å². The minimum Gasteiger partial charge on any atom is -0.477 e. The van der Waals surface area contributed by atoms with E-state index in [2.05, 4.69) is 6.92 Å². The van der Waals surface area contributed by atoms with Gasteiger partial charge in [-0.15, -0.1) is 0 Å². The lowest BCUT2D eigenvalue weighted by atomic mass is 10.1. The zero-order valence-electron chi connectivity index (χ0n) is 10.8. The van der Waals surface area contributed by atoms with Crippen LogP contribution >= 0.6 is 0 Å². The van der Waals surface area contributed by atoms with Crippen molar-refractivity contribution in [1.29, 1.82) is 0 Å². The lowest BCUT2D eigenvalue weighted by Crippen LogP contribution is -2.35. The van der Waals surface area contributed by atoms with Crippen LogP contribution in [0.1, 0.15) is 55.1 Å². The topological polar surface area (TPSA) is 41.2 Å². The van der Waals surface area contributed by atoms with E-state index in [4.69, 9.17) is 5.11 Å². The Morgan fingerprint density at radius 2 is 2.00 bits per heavy atom. The van der Waals surface area contributed by atoms with Crippen molar-refractivity contribution in [3.05, 3.63) is 29.6 Å². The molecule has 0 aromatic carbocycles. The Bertz CT molecular complexity index is 374. The number of carbonyl (C=O) groups is 1. The van der Waals surface area contributed by atoms with Gasteiger partial charge in [0.2, 0.25) is 0 Å². The van der Waals surface area contributed by atoms with Crippen LogP contribution in [-0.4, -0.2) is 11.1 Å². The van der Waals surface area contributed by atoms with Crippen molar-refractivity contribution < 1.29 is 14.5 Å². The van der Waals surface area contributed by atoms with Crippen LogP contribution in [0.15, 0.2) is 18.3 Å². The molecule has 0 saturated carbocycles. The fraction of sp³-hybridized carbons (Fsp3) is 0.571. The summed E-state index contributed by atoms with van der Waals surface area (Å²) in [6.07, 6.45) is 8.76. The summed E-state index contributed by atoms with van der Waals surface area (Å²) in [6, 6.07) is 3.47. The lowest BCUT2D eigenvalue weighted by Gasteiger charge is -2.03. The van der Waals surface area contributed by atoms with Gasteiger partial charge in [0.05, 0.1) is 0 Å². The van der Waals surface area contributed by atoms with Gasteiger partial charge >= 0.3 is 5.97 Å². The van der Waals surface area contributed by atoms with Crippen molar-refractivity contribution >= 4 is 5.97 Å². The molecule has 1 rings (SSSR count). The van der Waals surface area contributed by atoms with Gasteiger partial charge in [0.1, 0.15) is 12.6 Å². The third kappa shape index (κ3) is 4.17. The van der Waals surface area contributed by atoms with E-state index in [1.807, 2.05) is 17.8 Å². The van der Waals surface area contributed by atoms with Gasteiger partial charge < -0.3 is 5.11 Å². The van der Waals surface area contributed by atoms with Crippen molar-refractivity contribution in [1.82, 2.24) is 0 Å². The molecule has 0 unspecified atom stereocenters. The normalized spacial score (nSPS) is 10.5. The number of carboxylic acids is 1. The average molecular weight is 236 g/mol. The smallest absolute Gasteiger partial charge is 0.342 e. The summed E-state index contributed by atoms with van der Waals surface area (Å²) in [5.74, 6) is -0.829. The summed E-state index contributed by atoms with van der Waals surface area (Å²) in [5.41, 5.74) is 1.36. The maximum Gasteiger partial charge on any atom is 0.342 e. The maximum atomic E-state index is 11.1. The average Bonchev–Trinajstić information content (AvgIpc) is 2.30. The standard InChI is InChI=1S/C14H21NO2/c1-3-4-5-6-7-10-13-12(14(16)17)9-8-11-15(13)2/h8-9,11H,3-7,10H2,1-2H3/p+1. The summed E-state index contributed by atoms with van der Waals surface area (Å²) >= 11 is 0. The molecule has 1 N–H and O–H groups in total. The first-order valence-electron chi connectivity index (χ1n) is 6.37. The van der Waals surface area contributed by atoms with Gasteiger partial charge in [0.25, 0.3) is 0 Å². The van der Waals surface area contributed by atoms with Crippen LogP contribution in [-0.2, 0) is 13.5 Å². The molecule has 0 fully saturated rings. The molecule has 1 aromatic rings. The van der Waals surface area contributed by atoms with Crippen molar-refractivity contribution in [3.8, 4) is 0 Å². The van der Waals surface area contributed by atoms with Crippen LogP contribution in [0.4, 0.5) is 0 Å². The molecule has 1 heterocycles. The minimum atomic E-state index is -0.829. The molecule has 0 amide bonds. The van der Waals surface area contributed by atoms with Crippen LogP contribution in [0.5, 0.6) is 0 Å². The second kappa shape index (κ2) is 7.05. The Morgan fingerprint density at radius 1 is 1.29 bits per heavy atom. The highest BCUT2D eigenvalue weighted by Gasteiger charge is 2.17. The zero-order valence-corrected chi connectivity index (χ0v) is 10.8. The zero-order chi connectivity index (χ0) is 12.7. The molecule has 3 heteroatoms. The lowest BCUT2D eigenvalue weighted by molar-refractivity contribution is -0.679. The fourth-order valence-corrected chi connectivity index (χ4v) is 2.05. The molecule has 0 spiro atoms. The quantitative estimate of drug-likeness (QED) is 0.584. The molecule has 0 radical (unpaired) electrons. The first-order valence-corrected chi connectivity index (χ1v) is 6.37. The number of rotatable bonds is 7. The van der Waals surface area contributed by atoms with Gasteiger partial charge in [-0.05, 0) is 12.5 Å². The summed E-state index contributed by atoms with van der Waals surface area (Å²) in [6.45, 7) is 2.19. The van der Waals surface area contributed by atoms with Crippen LogP contribution in [0, 0.1) is 0 Å². The molecule has 0 aliphatic carbocycles. The summed E-state index contributed by atoms with van der Waals surface area (Å²) in [7, 11) is 1.91. The molecule has 17 heavy (non-hydrogen) atoms. The monoisotopic (exact) mass is 236 g/mol. The number of unbranched alkanes of at least 4 members (excludes halogenated alkanes) is 4. The number of nitrogens with zero attached hydrogens (tertiary/aromatic N) is 1. The number of aromatic nitrogens is 1. The highest BCUT2D eigenvalue weighted by atomic mass is 16.4. The maximum absolute atomic E-state index is 11.1. The number of aromatic carboxylic acids is 1. The van der Waals surface area contributed by atoms with Crippen molar-refractivity contribution in [2.45, 2.75) is 45.4 Å². The van der Waals surface area contributed by atoms with E-state index in [1.54, 1.807) is 12.1 Å². The minimum absolute atomic E-state index is 0.436. The van der Waals surface area contributed by atoms with Gasteiger partial charge in [-0.25, -0.2) is 9.36 Å². The molecule has 0 saturated heterocycles. The number of pyridine rings is 1. The third-order valence-electron chi connectivity index (χ3n) is 3.06. The Labute approximate surface area is 103 Å². The van der Waals surface area contributed by atoms with Gasteiger partial charge in [-0.2, -0.15) is 0 Å². The van der Waals surface area contributed by atoms with E-state index in [9.17, 15) is 4.79 Å². The first-order chi connectivity index (χ1) is 8.16. The van der Waals surface area contributed by atoms with Crippen molar-refractivity contribution in [2.75, 3.05) is 0 Å². The molecule has 0 bridgehead atoms. The van der Waals surface area contributed by atoms with Gasteiger partial charge in [-0.3, -0.25) is 0 Å². The Hall–Kier alpha value is -1.38. The van der Waals surface area contributed by atoms with Crippen LogP contribution in [0.2, 0.25) is 0 Å². The molecule has 0 atom stereocenters. The molecular weight excluding hydrogens is 214 g/mol. The van der Waals surface area contributed by atoms with E-state index >= 15 is 0 Å². The Kier molecular flexibility index (Phi) is 5.67. The largest absolute Gasteiger partial charge is 0.477 e. The van der Waals surface area contributed by atoms with Gasteiger partial charge in [-0.1, -0.05) is 32.6 Å². The SMILES string of the molecule is CCCCCCCc1c(C(=O)O)ccc[n+]1C. The number of aryl methyl sites for hydroxylation is 1. The van der Waals surface area contributed by atoms with Gasteiger partial charge in [0, 0.05) is 12.5 Å². The molecule has 0 aliphatic rings. The van der Waals surface area contributed by atoms with E-state index in [1.165, 1.54) is 25.7 Å². The van der Waals surface area contributed by atoms with E-state index in [0.717, 1.165) is 18.5 Å². The first kappa shape index (κ1) is 13.7. The predicted molar refractivity (Wildman–Crippen MR) is 67.0 cm³/mol. The number of carboxylic acid groups (broad SMARTS) is 1.